The highest BCUT2D eigenvalue weighted by molar-refractivity contribution is 5.87. The predicted molar refractivity (Wildman–Crippen MR) is 78.7 cm³/mol. The molecule has 1 saturated carbocycles. The molecule has 23 heavy (non-hydrogen) atoms. The number of carboxylic acids is 1. The molecule has 1 heterocycles. The highest BCUT2D eigenvalue weighted by Crippen LogP contribution is 2.48. The lowest BCUT2D eigenvalue weighted by molar-refractivity contribution is -0.313. The lowest BCUT2D eigenvalue weighted by Gasteiger charge is -2.37. The lowest BCUT2D eigenvalue weighted by atomic mass is 9.81. The maximum absolute atomic E-state index is 12.9. The number of hydrogen-bond donors (Lipinski definition) is 0. The molecule has 2 bridgehead atoms. The molecule has 5 atom stereocenters. The number of carbonyl (C=O) groups excluding carboxylic acids is 3. The van der Waals surface area contributed by atoms with Crippen LogP contribution in [0.1, 0.15) is 26.2 Å². The van der Waals surface area contributed by atoms with Crippen LogP contribution in [0.2, 0.25) is 0 Å². The summed E-state index contributed by atoms with van der Waals surface area (Å²) in [5.41, 5.74) is 0. The molecular weight excluding hydrogens is 298 g/mol. The molecule has 3 aliphatic rings. The first-order valence-corrected chi connectivity index (χ1v) is 8.37. The van der Waals surface area contributed by atoms with Gasteiger partial charge in [-0.05, 0) is 38.0 Å². The number of hydrogen-bond acceptors (Lipinski definition) is 5. The summed E-state index contributed by atoms with van der Waals surface area (Å²) in [5, 5.41) is 11.5. The number of aliphatic carboxylic acids is 1. The molecule has 0 radical (unpaired) electrons. The minimum atomic E-state index is -1.14. The van der Waals surface area contributed by atoms with Crippen molar-refractivity contribution < 1.29 is 24.2 Å². The molecular formula is C17H22NO5-. The van der Waals surface area contributed by atoms with Crippen molar-refractivity contribution in [1.29, 1.82) is 0 Å². The summed E-state index contributed by atoms with van der Waals surface area (Å²) in [6.45, 7) is 2.99. The first kappa shape index (κ1) is 16.0. The van der Waals surface area contributed by atoms with Crippen LogP contribution in [0.25, 0.3) is 0 Å². The maximum Gasteiger partial charge on any atom is 0.310 e. The van der Waals surface area contributed by atoms with Crippen molar-refractivity contribution in [2.75, 3.05) is 19.7 Å². The van der Waals surface area contributed by atoms with Gasteiger partial charge in [-0.1, -0.05) is 12.2 Å². The quantitative estimate of drug-likeness (QED) is 0.536. The Balaban J connectivity index is 1.71. The zero-order chi connectivity index (χ0) is 16.6. The predicted octanol–water partition coefficient (Wildman–Crippen LogP) is -0.0237. The van der Waals surface area contributed by atoms with Crippen LogP contribution in [0.3, 0.4) is 0 Å². The van der Waals surface area contributed by atoms with Crippen LogP contribution >= 0.6 is 0 Å². The van der Waals surface area contributed by atoms with Crippen molar-refractivity contribution in [3.8, 4) is 0 Å². The number of likely N-dealkylation sites (tertiary alicyclic amines) is 1. The minimum absolute atomic E-state index is 0.0154. The molecule has 3 rings (SSSR count). The second-order valence-corrected chi connectivity index (χ2v) is 6.69. The van der Waals surface area contributed by atoms with E-state index >= 15 is 0 Å². The van der Waals surface area contributed by atoms with Gasteiger partial charge < -0.3 is 19.5 Å². The molecule has 2 aliphatic carbocycles. The summed E-state index contributed by atoms with van der Waals surface area (Å²) >= 11 is 0. The topological polar surface area (TPSA) is 86.7 Å². The van der Waals surface area contributed by atoms with Crippen molar-refractivity contribution in [3.05, 3.63) is 12.2 Å². The van der Waals surface area contributed by atoms with Gasteiger partial charge in [-0.15, -0.1) is 0 Å². The number of rotatable bonds is 4. The van der Waals surface area contributed by atoms with Crippen LogP contribution in [0, 0.1) is 29.6 Å². The van der Waals surface area contributed by atoms with E-state index in [0.717, 1.165) is 6.42 Å². The Labute approximate surface area is 135 Å². The maximum atomic E-state index is 12.9. The summed E-state index contributed by atoms with van der Waals surface area (Å²) in [6.07, 6.45) is 6.02. The number of amides is 1. The summed E-state index contributed by atoms with van der Waals surface area (Å²) in [6, 6.07) is 0. The van der Waals surface area contributed by atoms with Crippen molar-refractivity contribution >= 4 is 17.8 Å². The monoisotopic (exact) mass is 320 g/mol. The third-order valence-electron chi connectivity index (χ3n) is 5.37. The van der Waals surface area contributed by atoms with Gasteiger partial charge in [-0.2, -0.15) is 0 Å². The lowest BCUT2D eigenvalue weighted by Crippen LogP contribution is -2.50. The third kappa shape index (κ3) is 2.86. The van der Waals surface area contributed by atoms with E-state index < -0.39 is 17.8 Å². The Bertz CT molecular complexity index is 543. The number of nitrogens with zero attached hydrogens (tertiary/aromatic N) is 1. The Morgan fingerprint density at radius 3 is 2.57 bits per heavy atom. The molecule has 6 nitrogen and oxygen atoms in total. The molecule has 0 spiro atoms. The molecule has 0 N–H and O–H groups in total. The molecule has 0 aromatic heterocycles. The highest BCUT2D eigenvalue weighted by atomic mass is 16.5. The fraction of sp³-hybridized carbons (Fsp3) is 0.706. The fourth-order valence-electron chi connectivity index (χ4n) is 4.32. The fourth-order valence-corrected chi connectivity index (χ4v) is 4.32. The number of piperidine rings is 1. The van der Waals surface area contributed by atoms with Gasteiger partial charge in [0, 0.05) is 25.0 Å². The van der Waals surface area contributed by atoms with E-state index in [9.17, 15) is 19.5 Å². The summed E-state index contributed by atoms with van der Waals surface area (Å²) in [5.74, 6) is -3.25. The van der Waals surface area contributed by atoms with Crippen LogP contribution in [0.15, 0.2) is 12.2 Å². The van der Waals surface area contributed by atoms with E-state index in [-0.39, 0.29) is 29.6 Å². The van der Waals surface area contributed by atoms with Crippen molar-refractivity contribution in [2.24, 2.45) is 29.6 Å². The Morgan fingerprint density at radius 1 is 1.22 bits per heavy atom. The molecule has 0 aromatic carbocycles. The van der Waals surface area contributed by atoms with Crippen LogP contribution < -0.4 is 5.11 Å². The van der Waals surface area contributed by atoms with E-state index in [4.69, 9.17) is 4.74 Å². The number of fused-ring (bicyclic) bond motifs is 2. The van der Waals surface area contributed by atoms with Crippen LogP contribution in [0.5, 0.6) is 0 Å². The minimum Gasteiger partial charge on any atom is -0.550 e. The number of allylic oxidation sites excluding steroid dienone is 2. The van der Waals surface area contributed by atoms with Crippen LogP contribution in [-0.4, -0.2) is 42.4 Å². The number of carboxylic acid groups (broad SMARTS) is 1. The first-order valence-electron chi connectivity index (χ1n) is 8.37. The highest BCUT2D eigenvalue weighted by Gasteiger charge is 2.50. The molecule has 126 valence electrons. The van der Waals surface area contributed by atoms with Gasteiger partial charge >= 0.3 is 5.97 Å². The second-order valence-electron chi connectivity index (χ2n) is 6.69. The molecule has 1 saturated heterocycles. The standard InChI is InChI=1S/C17H23NO5/c1-2-23-17(22)12-4-3-7-18(9-12)15(19)13-10-5-6-11(8-10)14(13)16(20)21/h5-6,10-14H,2-4,7-9H2,1H3,(H,20,21)/p-1/t10-,11-,12+,13+,14-/m1/s1. The first-order chi connectivity index (χ1) is 11.0. The summed E-state index contributed by atoms with van der Waals surface area (Å²) < 4.78 is 5.05. The smallest absolute Gasteiger partial charge is 0.310 e. The van der Waals surface area contributed by atoms with Crippen molar-refractivity contribution in [3.63, 3.8) is 0 Å². The Kier molecular flexibility index (Phi) is 4.41. The average Bonchev–Trinajstić information content (AvgIpc) is 3.15. The van der Waals surface area contributed by atoms with Crippen LogP contribution in [0.4, 0.5) is 0 Å². The summed E-state index contributed by atoms with van der Waals surface area (Å²) in [7, 11) is 0. The van der Waals surface area contributed by atoms with Gasteiger partial charge in [0.2, 0.25) is 5.91 Å². The van der Waals surface area contributed by atoms with E-state index in [1.54, 1.807) is 11.8 Å². The molecule has 2 fully saturated rings. The van der Waals surface area contributed by atoms with Crippen molar-refractivity contribution in [2.45, 2.75) is 26.2 Å². The van der Waals surface area contributed by atoms with Gasteiger partial charge in [0.25, 0.3) is 0 Å². The number of ether oxygens (including phenoxy) is 1. The largest absolute Gasteiger partial charge is 0.550 e. The van der Waals surface area contributed by atoms with Gasteiger partial charge in [0.1, 0.15) is 0 Å². The van der Waals surface area contributed by atoms with Gasteiger partial charge in [-0.3, -0.25) is 9.59 Å². The van der Waals surface area contributed by atoms with Gasteiger partial charge in [0.15, 0.2) is 0 Å². The van der Waals surface area contributed by atoms with E-state index in [0.29, 0.717) is 32.5 Å². The van der Waals surface area contributed by atoms with Crippen molar-refractivity contribution in [1.82, 2.24) is 4.90 Å². The molecule has 6 heteroatoms. The van der Waals surface area contributed by atoms with E-state index in [1.165, 1.54) is 0 Å². The molecule has 0 unspecified atom stereocenters. The number of carbonyl (C=O) groups is 3. The molecule has 1 aliphatic heterocycles. The molecule has 1 amide bonds. The number of esters is 1. The Morgan fingerprint density at radius 2 is 1.91 bits per heavy atom. The van der Waals surface area contributed by atoms with Gasteiger partial charge in [-0.25, -0.2) is 0 Å². The third-order valence-corrected chi connectivity index (χ3v) is 5.37. The zero-order valence-electron chi connectivity index (χ0n) is 13.3. The SMILES string of the molecule is CCOC(=O)[C@H]1CCCN(C(=O)[C@@H]2[C@H](C(=O)[O-])[C@@H]3C=C[C@@H]2C3)C1. The second kappa shape index (κ2) is 6.34. The van der Waals surface area contributed by atoms with E-state index in [2.05, 4.69) is 0 Å². The van der Waals surface area contributed by atoms with E-state index in [1.807, 2.05) is 12.2 Å². The molecule has 0 aromatic rings. The Hall–Kier alpha value is -1.85. The normalized spacial score (nSPS) is 35.3. The average molecular weight is 320 g/mol. The van der Waals surface area contributed by atoms with Crippen LogP contribution in [-0.2, 0) is 19.1 Å². The summed E-state index contributed by atoms with van der Waals surface area (Å²) in [4.78, 5) is 37.9. The zero-order valence-corrected chi connectivity index (χ0v) is 13.3. The van der Waals surface area contributed by atoms with Gasteiger partial charge in [0.05, 0.1) is 18.4 Å².